The normalized spacial score (nSPS) is 10.5. The zero-order valence-electron chi connectivity index (χ0n) is 7.04. The maximum atomic E-state index is 2.76. The van der Waals surface area contributed by atoms with Gasteiger partial charge in [-0.2, -0.15) is 0 Å². The summed E-state index contributed by atoms with van der Waals surface area (Å²) in [5.74, 6) is 0. The summed E-state index contributed by atoms with van der Waals surface area (Å²) in [5.41, 5.74) is 1.33. The first-order valence-electron chi connectivity index (χ1n) is 4.02. The van der Waals surface area contributed by atoms with Crippen molar-refractivity contribution in [1.82, 2.24) is 0 Å². The molecule has 12 heavy (non-hydrogen) atoms. The molecule has 0 spiro atoms. The third-order valence-corrected chi connectivity index (χ3v) is 2.76. The molecule has 0 bridgehead atoms. The lowest BCUT2D eigenvalue weighted by atomic mass is 10.1. The first-order chi connectivity index (χ1) is 5.77. The molecule has 0 saturated carbocycles. The minimum absolute atomic E-state index is 1.29. The van der Waals surface area contributed by atoms with Crippen LogP contribution in [-0.2, 0) is 0 Å². The Balaban J connectivity index is 2.84. The van der Waals surface area contributed by atoms with E-state index in [1.807, 2.05) is 0 Å². The van der Waals surface area contributed by atoms with Crippen LogP contribution >= 0.6 is 9.24 Å². The molecule has 0 saturated heterocycles. The lowest BCUT2D eigenvalue weighted by Gasteiger charge is -2.02. The van der Waals surface area contributed by atoms with Gasteiger partial charge in [0, 0.05) is 0 Å². The van der Waals surface area contributed by atoms with Crippen LogP contribution in [0.1, 0.15) is 5.56 Å². The summed E-state index contributed by atoms with van der Waals surface area (Å²) in [5, 5.41) is 3.92. The van der Waals surface area contributed by atoms with Crippen molar-refractivity contribution in [1.29, 1.82) is 0 Å². The fraction of sp³-hybridized carbons (Fsp3) is 0.0909. The first-order valence-corrected chi connectivity index (χ1v) is 4.60. The minimum Gasteiger partial charge on any atom is -0.105 e. The molecule has 0 heterocycles. The SMILES string of the molecule is Cc1cc2ccccc2cc1P. The molecule has 0 fully saturated rings. The van der Waals surface area contributed by atoms with Crippen LogP contribution in [0.4, 0.5) is 0 Å². The van der Waals surface area contributed by atoms with Gasteiger partial charge in [-0.1, -0.05) is 30.3 Å². The Morgan fingerprint density at radius 3 is 2.25 bits per heavy atom. The van der Waals surface area contributed by atoms with Crippen LogP contribution in [0.3, 0.4) is 0 Å². The van der Waals surface area contributed by atoms with Gasteiger partial charge in [-0.05, 0) is 34.6 Å². The number of hydrogen-bond donors (Lipinski definition) is 0. The summed E-state index contributed by atoms with van der Waals surface area (Å²) in [6.45, 7) is 2.13. The van der Waals surface area contributed by atoms with Crippen molar-refractivity contribution in [2.24, 2.45) is 0 Å². The molecule has 60 valence electrons. The maximum absolute atomic E-state index is 2.76. The molecule has 1 atom stereocenters. The van der Waals surface area contributed by atoms with Gasteiger partial charge >= 0.3 is 0 Å². The third kappa shape index (κ3) is 1.23. The highest BCUT2D eigenvalue weighted by Gasteiger charge is 1.95. The van der Waals surface area contributed by atoms with E-state index in [2.05, 4.69) is 52.6 Å². The van der Waals surface area contributed by atoms with Crippen molar-refractivity contribution in [2.75, 3.05) is 0 Å². The molecular weight excluding hydrogens is 163 g/mol. The molecule has 0 aliphatic heterocycles. The Morgan fingerprint density at radius 2 is 1.58 bits per heavy atom. The molecule has 0 nitrogen and oxygen atoms in total. The number of rotatable bonds is 0. The van der Waals surface area contributed by atoms with Crippen LogP contribution in [0.2, 0.25) is 0 Å². The Hall–Kier alpha value is -0.870. The standard InChI is InChI=1S/C11H11P/c1-8-6-9-4-2-3-5-10(9)7-11(8)12/h2-7H,12H2,1H3. The summed E-state index contributed by atoms with van der Waals surface area (Å²) < 4.78 is 0. The Labute approximate surface area is 74.8 Å². The van der Waals surface area contributed by atoms with E-state index in [1.165, 1.54) is 21.6 Å². The second-order valence-corrected chi connectivity index (χ2v) is 3.68. The van der Waals surface area contributed by atoms with Crippen molar-refractivity contribution in [2.45, 2.75) is 6.92 Å². The highest BCUT2D eigenvalue weighted by atomic mass is 31.0. The van der Waals surface area contributed by atoms with Gasteiger partial charge < -0.3 is 0 Å². The van der Waals surface area contributed by atoms with E-state index in [0.717, 1.165) is 0 Å². The van der Waals surface area contributed by atoms with Gasteiger partial charge in [0.25, 0.3) is 0 Å². The molecule has 0 N–H and O–H groups in total. The molecule has 2 rings (SSSR count). The highest BCUT2D eigenvalue weighted by Crippen LogP contribution is 2.14. The maximum Gasteiger partial charge on any atom is -0.0178 e. The van der Waals surface area contributed by atoms with E-state index in [-0.39, 0.29) is 0 Å². The second kappa shape index (κ2) is 2.88. The van der Waals surface area contributed by atoms with Crippen molar-refractivity contribution in [3.63, 3.8) is 0 Å². The minimum atomic E-state index is 1.29. The van der Waals surface area contributed by atoms with Crippen LogP contribution in [0.15, 0.2) is 36.4 Å². The number of aryl methyl sites for hydroxylation is 1. The predicted octanol–water partition coefficient (Wildman–Crippen LogP) is 2.65. The topological polar surface area (TPSA) is 0 Å². The Morgan fingerprint density at radius 1 is 1.00 bits per heavy atom. The van der Waals surface area contributed by atoms with Crippen LogP contribution in [0, 0.1) is 6.92 Å². The zero-order valence-corrected chi connectivity index (χ0v) is 8.20. The molecule has 1 unspecified atom stereocenters. The van der Waals surface area contributed by atoms with E-state index in [0.29, 0.717) is 0 Å². The van der Waals surface area contributed by atoms with E-state index in [4.69, 9.17) is 0 Å². The van der Waals surface area contributed by atoms with Gasteiger partial charge in [0.1, 0.15) is 0 Å². The lowest BCUT2D eigenvalue weighted by molar-refractivity contribution is 1.55. The van der Waals surface area contributed by atoms with Crippen molar-refractivity contribution >= 4 is 25.3 Å². The Bertz CT molecular complexity index is 378. The predicted molar refractivity (Wildman–Crippen MR) is 58.0 cm³/mol. The molecule has 0 amide bonds. The van der Waals surface area contributed by atoms with Gasteiger partial charge in [-0.15, -0.1) is 9.24 Å². The fourth-order valence-electron chi connectivity index (χ4n) is 1.37. The van der Waals surface area contributed by atoms with Crippen molar-refractivity contribution in [3.8, 4) is 0 Å². The summed E-state index contributed by atoms with van der Waals surface area (Å²) in [6.07, 6.45) is 0. The number of fused-ring (bicyclic) bond motifs is 1. The van der Waals surface area contributed by atoms with E-state index < -0.39 is 0 Å². The van der Waals surface area contributed by atoms with Crippen LogP contribution in [-0.4, -0.2) is 0 Å². The molecule has 2 aromatic carbocycles. The summed E-state index contributed by atoms with van der Waals surface area (Å²) in [7, 11) is 2.76. The van der Waals surface area contributed by atoms with Crippen molar-refractivity contribution < 1.29 is 0 Å². The van der Waals surface area contributed by atoms with E-state index >= 15 is 0 Å². The summed E-state index contributed by atoms with van der Waals surface area (Å²) >= 11 is 0. The summed E-state index contributed by atoms with van der Waals surface area (Å²) in [6, 6.07) is 12.9. The molecule has 2 aromatic rings. The lowest BCUT2D eigenvalue weighted by Crippen LogP contribution is -1.95. The van der Waals surface area contributed by atoms with Crippen LogP contribution in [0.25, 0.3) is 10.8 Å². The van der Waals surface area contributed by atoms with Gasteiger partial charge in [0.2, 0.25) is 0 Å². The van der Waals surface area contributed by atoms with E-state index in [1.54, 1.807) is 0 Å². The van der Waals surface area contributed by atoms with Crippen LogP contribution in [0.5, 0.6) is 0 Å². The summed E-state index contributed by atoms with van der Waals surface area (Å²) in [4.78, 5) is 0. The van der Waals surface area contributed by atoms with Gasteiger partial charge in [-0.3, -0.25) is 0 Å². The quantitative estimate of drug-likeness (QED) is 0.538. The van der Waals surface area contributed by atoms with E-state index in [9.17, 15) is 0 Å². The largest absolute Gasteiger partial charge is 0.105 e. The Kier molecular flexibility index (Phi) is 1.86. The monoisotopic (exact) mass is 174 g/mol. The fourth-order valence-corrected chi connectivity index (χ4v) is 1.63. The molecule has 0 radical (unpaired) electrons. The molecular formula is C11H11P. The number of benzene rings is 2. The number of hydrogen-bond acceptors (Lipinski definition) is 0. The molecule has 0 aliphatic carbocycles. The average Bonchev–Trinajstić information content (AvgIpc) is 2.07. The first kappa shape index (κ1) is 7.76. The van der Waals surface area contributed by atoms with Crippen LogP contribution < -0.4 is 5.30 Å². The smallest absolute Gasteiger partial charge is 0.0178 e. The van der Waals surface area contributed by atoms with Gasteiger partial charge in [0.15, 0.2) is 0 Å². The highest BCUT2D eigenvalue weighted by molar-refractivity contribution is 7.27. The van der Waals surface area contributed by atoms with Crippen molar-refractivity contribution in [3.05, 3.63) is 42.0 Å². The van der Waals surface area contributed by atoms with Gasteiger partial charge in [-0.25, -0.2) is 0 Å². The average molecular weight is 174 g/mol. The zero-order chi connectivity index (χ0) is 8.55. The third-order valence-electron chi connectivity index (χ3n) is 2.13. The molecule has 1 heteroatoms. The second-order valence-electron chi connectivity index (χ2n) is 3.06. The molecule has 0 aliphatic rings. The molecule has 0 aromatic heterocycles. The van der Waals surface area contributed by atoms with Gasteiger partial charge in [0.05, 0.1) is 0 Å².